The van der Waals surface area contributed by atoms with Gasteiger partial charge < -0.3 is 9.47 Å². The summed E-state index contributed by atoms with van der Waals surface area (Å²) in [6.45, 7) is 0.323. The van der Waals surface area contributed by atoms with Crippen molar-refractivity contribution in [1.82, 2.24) is 4.31 Å². The molecule has 0 bridgehead atoms. The van der Waals surface area contributed by atoms with E-state index in [0.717, 1.165) is 0 Å². The van der Waals surface area contributed by atoms with E-state index in [4.69, 9.17) is 9.47 Å². The summed E-state index contributed by atoms with van der Waals surface area (Å²) in [4.78, 5) is 10.9. The zero-order chi connectivity index (χ0) is 19.6. The van der Waals surface area contributed by atoms with Gasteiger partial charge in [0, 0.05) is 18.4 Å². The molecule has 0 unspecified atom stereocenters. The molecule has 1 atom stereocenters. The zero-order valence-electron chi connectivity index (χ0n) is 14.7. The van der Waals surface area contributed by atoms with Gasteiger partial charge in [0.2, 0.25) is 10.0 Å². The Bertz CT molecular complexity index is 946. The Labute approximate surface area is 161 Å². The van der Waals surface area contributed by atoms with Crippen molar-refractivity contribution in [2.45, 2.75) is 10.3 Å². The molecule has 1 heterocycles. The maximum atomic E-state index is 13.1. The molecule has 3 rings (SSSR count). The van der Waals surface area contributed by atoms with Crippen LogP contribution in [-0.4, -0.2) is 44.2 Å². The number of thioether (sulfide) groups is 1. The molecule has 144 valence electrons. The summed E-state index contributed by atoms with van der Waals surface area (Å²) < 4.78 is 37.6. The van der Waals surface area contributed by atoms with Crippen LogP contribution in [-0.2, 0) is 10.0 Å². The summed E-state index contributed by atoms with van der Waals surface area (Å²) in [5.41, 5.74) is 0.353. The van der Waals surface area contributed by atoms with Gasteiger partial charge in [0.25, 0.3) is 0 Å². The van der Waals surface area contributed by atoms with Crippen molar-refractivity contribution >= 4 is 27.5 Å². The van der Waals surface area contributed by atoms with E-state index in [2.05, 4.69) is 0 Å². The second kappa shape index (κ2) is 7.75. The monoisotopic (exact) mass is 410 g/mol. The van der Waals surface area contributed by atoms with Crippen LogP contribution in [0.3, 0.4) is 0 Å². The van der Waals surface area contributed by atoms with Gasteiger partial charge in [-0.2, -0.15) is 4.31 Å². The smallest absolute Gasteiger partial charge is 0.311 e. The molecule has 0 amide bonds. The van der Waals surface area contributed by atoms with Crippen LogP contribution in [0, 0.1) is 10.1 Å². The molecule has 10 heteroatoms. The van der Waals surface area contributed by atoms with Gasteiger partial charge in [-0.25, -0.2) is 8.42 Å². The predicted molar refractivity (Wildman–Crippen MR) is 102 cm³/mol. The number of rotatable bonds is 6. The lowest BCUT2D eigenvalue weighted by Gasteiger charge is -2.23. The Balaban J connectivity index is 1.97. The molecule has 2 aromatic carbocycles. The SMILES string of the molecule is COc1ccc(S(=O)(=O)N2CCS[C@@H]2c2ccc(OC)c([N+](=O)[O-])c2)cc1. The summed E-state index contributed by atoms with van der Waals surface area (Å²) in [5.74, 6) is 1.29. The summed E-state index contributed by atoms with van der Waals surface area (Å²) in [7, 11) is -0.893. The molecule has 27 heavy (non-hydrogen) atoms. The van der Waals surface area contributed by atoms with Gasteiger partial charge in [0.15, 0.2) is 5.75 Å². The largest absolute Gasteiger partial charge is 0.497 e. The van der Waals surface area contributed by atoms with Gasteiger partial charge in [-0.3, -0.25) is 10.1 Å². The number of nitro groups is 1. The van der Waals surface area contributed by atoms with E-state index < -0.39 is 20.3 Å². The lowest BCUT2D eigenvalue weighted by atomic mass is 10.2. The van der Waals surface area contributed by atoms with Gasteiger partial charge in [0.1, 0.15) is 5.75 Å². The highest BCUT2D eigenvalue weighted by molar-refractivity contribution is 8.01. The number of benzene rings is 2. The van der Waals surface area contributed by atoms with Gasteiger partial charge in [0.05, 0.1) is 29.4 Å². The minimum atomic E-state index is -3.75. The van der Waals surface area contributed by atoms with E-state index in [0.29, 0.717) is 23.6 Å². The van der Waals surface area contributed by atoms with E-state index in [9.17, 15) is 18.5 Å². The quantitative estimate of drug-likeness (QED) is 0.533. The van der Waals surface area contributed by atoms with Crippen LogP contribution in [0.5, 0.6) is 11.5 Å². The first-order valence-corrected chi connectivity index (χ1v) is 10.5. The average Bonchev–Trinajstić information content (AvgIpc) is 3.18. The average molecular weight is 410 g/mol. The molecular weight excluding hydrogens is 392 g/mol. The van der Waals surface area contributed by atoms with Crippen molar-refractivity contribution in [2.24, 2.45) is 0 Å². The third kappa shape index (κ3) is 3.73. The Morgan fingerprint density at radius 1 is 1.15 bits per heavy atom. The van der Waals surface area contributed by atoms with Crippen molar-refractivity contribution in [3.63, 3.8) is 0 Å². The molecule has 2 aromatic rings. The molecule has 0 saturated carbocycles. The molecule has 1 aliphatic heterocycles. The zero-order valence-corrected chi connectivity index (χ0v) is 16.3. The molecule has 0 aliphatic carbocycles. The summed E-state index contributed by atoms with van der Waals surface area (Å²) >= 11 is 1.43. The minimum absolute atomic E-state index is 0.135. The van der Waals surface area contributed by atoms with Crippen LogP contribution < -0.4 is 9.47 Å². The second-order valence-electron chi connectivity index (χ2n) is 5.70. The molecule has 0 spiro atoms. The first-order chi connectivity index (χ1) is 12.9. The van der Waals surface area contributed by atoms with E-state index in [-0.39, 0.29) is 16.3 Å². The van der Waals surface area contributed by atoms with E-state index >= 15 is 0 Å². The van der Waals surface area contributed by atoms with Gasteiger partial charge in [-0.1, -0.05) is 6.07 Å². The molecule has 0 N–H and O–H groups in total. The van der Waals surface area contributed by atoms with Crippen LogP contribution in [0.15, 0.2) is 47.4 Å². The Morgan fingerprint density at radius 2 is 1.85 bits per heavy atom. The van der Waals surface area contributed by atoms with Crippen LogP contribution in [0.25, 0.3) is 0 Å². The lowest BCUT2D eigenvalue weighted by Crippen LogP contribution is -2.30. The third-order valence-electron chi connectivity index (χ3n) is 4.20. The lowest BCUT2D eigenvalue weighted by molar-refractivity contribution is -0.385. The van der Waals surface area contributed by atoms with Crippen molar-refractivity contribution < 1.29 is 22.8 Å². The first-order valence-electron chi connectivity index (χ1n) is 7.98. The van der Waals surface area contributed by atoms with Gasteiger partial charge in [-0.05, 0) is 35.9 Å². The summed E-state index contributed by atoms with van der Waals surface area (Å²) in [6, 6.07) is 10.7. The van der Waals surface area contributed by atoms with Crippen LogP contribution >= 0.6 is 11.8 Å². The predicted octanol–water partition coefficient (Wildman–Crippen LogP) is 3.05. The number of nitrogens with zero attached hydrogens (tertiary/aromatic N) is 2. The summed E-state index contributed by atoms with van der Waals surface area (Å²) in [5, 5.41) is 10.7. The van der Waals surface area contributed by atoms with Crippen molar-refractivity contribution in [1.29, 1.82) is 0 Å². The van der Waals surface area contributed by atoms with E-state index in [1.807, 2.05) is 0 Å². The van der Waals surface area contributed by atoms with Crippen LogP contribution in [0.1, 0.15) is 10.9 Å². The topological polar surface area (TPSA) is 99.0 Å². The van der Waals surface area contributed by atoms with Crippen molar-refractivity contribution in [3.8, 4) is 11.5 Å². The van der Waals surface area contributed by atoms with E-state index in [1.165, 1.54) is 54.6 Å². The van der Waals surface area contributed by atoms with Crippen molar-refractivity contribution in [2.75, 3.05) is 26.5 Å². The van der Waals surface area contributed by atoms with E-state index in [1.54, 1.807) is 18.2 Å². The Morgan fingerprint density at radius 3 is 2.44 bits per heavy atom. The first kappa shape index (κ1) is 19.5. The fourth-order valence-electron chi connectivity index (χ4n) is 2.85. The Kier molecular flexibility index (Phi) is 5.59. The number of nitro benzene ring substituents is 1. The maximum absolute atomic E-state index is 13.1. The molecule has 1 saturated heterocycles. The fourth-order valence-corrected chi connectivity index (χ4v) is 6.08. The van der Waals surface area contributed by atoms with Crippen LogP contribution in [0.4, 0.5) is 5.69 Å². The molecule has 0 aromatic heterocycles. The third-order valence-corrected chi connectivity index (χ3v) is 7.47. The molecule has 1 aliphatic rings. The molecular formula is C17H18N2O6S2. The Hall–Kier alpha value is -2.30. The highest BCUT2D eigenvalue weighted by Gasteiger charge is 2.37. The molecule has 0 radical (unpaired) electrons. The fraction of sp³-hybridized carbons (Fsp3) is 0.294. The number of hydrogen-bond donors (Lipinski definition) is 0. The van der Waals surface area contributed by atoms with Crippen molar-refractivity contribution in [3.05, 3.63) is 58.1 Å². The second-order valence-corrected chi connectivity index (χ2v) is 8.78. The van der Waals surface area contributed by atoms with Gasteiger partial charge in [-0.15, -0.1) is 11.8 Å². The maximum Gasteiger partial charge on any atom is 0.311 e. The number of hydrogen-bond acceptors (Lipinski definition) is 7. The van der Waals surface area contributed by atoms with Gasteiger partial charge >= 0.3 is 5.69 Å². The highest BCUT2D eigenvalue weighted by atomic mass is 32.2. The standard InChI is InChI=1S/C17H18N2O6S2/c1-24-13-4-6-14(7-5-13)27(22,23)18-9-10-26-17(18)12-3-8-16(25-2)15(11-12)19(20)21/h3-8,11,17H,9-10H2,1-2H3/t17-/m1/s1. The number of ether oxygens (including phenoxy) is 2. The normalized spacial score (nSPS) is 17.6. The van der Waals surface area contributed by atoms with Crippen LogP contribution in [0.2, 0.25) is 0 Å². The number of methoxy groups -OCH3 is 2. The molecule has 8 nitrogen and oxygen atoms in total. The molecule has 1 fully saturated rings. The number of sulfonamides is 1. The highest BCUT2D eigenvalue weighted by Crippen LogP contribution is 2.43. The summed E-state index contributed by atoms with van der Waals surface area (Å²) in [6.07, 6.45) is 0. The minimum Gasteiger partial charge on any atom is -0.497 e.